The minimum absolute atomic E-state index is 0.0771. The molecule has 1 aliphatic carbocycles. The molecule has 2 fully saturated rings. The van der Waals surface area contributed by atoms with Crippen molar-refractivity contribution in [3.63, 3.8) is 0 Å². The number of rotatable bonds is 7. The molecular weight excluding hydrogens is 413 g/mol. The fraction of sp³-hybridized carbons (Fsp3) is 0.536. The smallest absolute Gasteiger partial charge is 0.317 e. The third-order valence-electron chi connectivity index (χ3n) is 7.35. The number of nitrogens with one attached hydrogen (secondary N) is 1. The van der Waals surface area contributed by atoms with Crippen molar-refractivity contribution in [2.24, 2.45) is 0 Å². The number of hydrogen-bond acceptors (Lipinski definition) is 2. The summed E-state index contributed by atoms with van der Waals surface area (Å²) < 4.78 is 13.2. The number of nitrogens with zero attached hydrogens (tertiary/aromatic N) is 2. The molecule has 33 heavy (non-hydrogen) atoms. The Morgan fingerprint density at radius 1 is 1.00 bits per heavy atom. The molecule has 2 amide bonds. The third kappa shape index (κ3) is 6.35. The van der Waals surface area contributed by atoms with Crippen molar-refractivity contribution in [1.29, 1.82) is 0 Å². The molecule has 0 bridgehead atoms. The lowest BCUT2D eigenvalue weighted by Gasteiger charge is -2.36. The van der Waals surface area contributed by atoms with Gasteiger partial charge >= 0.3 is 6.03 Å². The molecule has 1 N–H and O–H groups in total. The van der Waals surface area contributed by atoms with Crippen LogP contribution in [0, 0.1) is 5.82 Å². The van der Waals surface area contributed by atoms with E-state index in [0.717, 1.165) is 45.3 Å². The average molecular weight is 452 g/mol. The monoisotopic (exact) mass is 451 g/mol. The maximum absolute atomic E-state index is 13.2. The molecule has 0 unspecified atom stereocenters. The molecule has 1 saturated carbocycles. The molecule has 5 heteroatoms. The number of likely N-dealkylation sites (tertiary alicyclic amines) is 1. The maximum Gasteiger partial charge on any atom is 0.317 e. The lowest BCUT2D eigenvalue weighted by molar-refractivity contribution is 0.150. The molecule has 2 aliphatic rings. The summed E-state index contributed by atoms with van der Waals surface area (Å²) in [6, 6.07) is 16.0. The Balaban J connectivity index is 1.42. The first kappa shape index (κ1) is 23.7. The van der Waals surface area contributed by atoms with Crippen molar-refractivity contribution in [3.8, 4) is 0 Å². The first-order chi connectivity index (χ1) is 16.1. The van der Waals surface area contributed by atoms with E-state index in [9.17, 15) is 9.18 Å². The van der Waals surface area contributed by atoms with Gasteiger partial charge in [0.25, 0.3) is 0 Å². The second-order valence-corrected chi connectivity index (χ2v) is 9.63. The molecular formula is C28H38FN3O. The molecule has 1 saturated heterocycles. The van der Waals surface area contributed by atoms with E-state index in [2.05, 4.69) is 39.4 Å². The summed E-state index contributed by atoms with van der Waals surface area (Å²) in [5, 5.41) is 3.05. The van der Waals surface area contributed by atoms with Crippen LogP contribution in [-0.2, 0) is 13.1 Å². The van der Waals surface area contributed by atoms with E-state index in [1.54, 1.807) is 12.1 Å². The summed E-state index contributed by atoms with van der Waals surface area (Å²) >= 11 is 0. The molecule has 0 atom stereocenters. The van der Waals surface area contributed by atoms with E-state index in [1.165, 1.54) is 36.0 Å². The largest absolute Gasteiger partial charge is 0.338 e. The van der Waals surface area contributed by atoms with Crippen LogP contribution in [-0.4, -0.2) is 41.5 Å². The second kappa shape index (κ2) is 11.6. The van der Waals surface area contributed by atoms with Gasteiger partial charge in [0.1, 0.15) is 5.82 Å². The Labute approximate surface area is 198 Å². The first-order valence-electron chi connectivity index (χ1n) is 12.7. The third-order valence-corrected chi connectivity index (χ3v) is 7.35. The highest BCUT2D eigenvalue weighted by molar-refractivity contribution is 5.74. The lowest BCUT2D eigenvalue weighted by atomic mass is 9.86. The summed E-state index contributed by atoms with van der Waals surface area (Å²) in [5.74, 6) is 0.345. The Kier molecular flexibility index (Phi) is 8.38. The summed E-state index contributed by atoms with van der Waals surface area (Å²) in [5.41, 5.74) is 3.87. The zero-order valence-electron chi connectivity index (χ0n) is 19.9. The summed E-state index contributed by atoms with van der Waals surface area (Å²) in [7, 11) is 0. The van der Waals surface area contributed by atoms with Gasteiger partial charge in [-0.3, -0.25) is 4.90 Å². The number of halogens is 1. The molecule has 4 nitrogen and oxygen atoms in total. The van der Waals surface area contributed by atoms with Crippen molar-refractivity contribution in [2.75, 3.05) is 19.6 Å². The van der Waals surface area contributed by atoms with E-state index in [0.29, 0.717) is 25.0 Å². The van der Waals surface area contributed by atoms with E-state index >= 15 is 0 Å². The van der Waals surface area contributed by atoms with Crippen molar-refractivity contribution in [2.45, 2.75) is 76.9 Å². The standard InChI is InChI=1S/C28H38FN3O/c1-2-30-28(33)32(26-9-4-3-5-10-26)21-24-8-6-7-11-27(24)23-16-18-31(19-17-23)20-22-12-14-25(29)15-13-22/h6-8,11-15,23,26H,2-5,9-10,16-21H2,1H3,(H,30,33). The number of carbonyl (C=O) groups excluding carboxylic acids is 1. The fourth-order valence-electron chi connectivity index (χ4n) is 5.52. The summed E-state index contributed by atoms with van der Waals surface area (Å²) in [6.07, 6.45) is 8.17. The van der Waals surface area contributed by atoms with Gasteiger partial charge in [0, 0.05) is 25.7 Å². The predicted octanol–water partition coefficient (Wildman–Crippen LogP) is 6.07. The normalized spacial score (nSPS) is 18.2. The van der Waals surface area contributed by atoms with Crippen LogP contribution in [0.4, 0.5) is 9.18 Å². The number of piperidine rings is 1. The van der Waals surface area contributed by atoms with Crippen molar-refractivity contribution < 1.29 is 9.18 Å². The number of hydrogen-bond donors (Lipinski definition) is 1. The second-order valence-electron chi connectivity index (χ2n) is 9.63. The van der Waals surface area contributed by atoms with Crippen LogP contribution in [0.25, 0.3) is 0 Å². The Morgan fingerprint density at radius 2 is 1.70 bits per heavy atom. The van der Waals surface area contributed by atoms with Crippen molar-refractivity contribution >= 4 is 6.03 Å². The highest BCUT2D eigenvalue weighted by atomic mass is 19.1. The van der Waals surface area contributed by atoms with Crippen molar-refractivity contribution in [1.82, 2.24) is 15.1 Å². The molecule has 1 heterocycles. The minimum atomic E-state index is -0.177. The quantitative estimate of drug-likeness (QED) is 0.555. The van der Waals surface area contributed by atoms with Gasteiger partial charge in [0.2, 0.25) is 0 Å². The lowest BCUT2D eigenvalue weighted by Crippen LogP contribution is -2.46. The predicted molar refractivity (Wildman–Crippen MR) is 132 cm³/mol. The van der Waals surface area contributed by atoms with E-state index < -0.39 is 0 Å². The van der Waals surface area contributed by atoms with Crippen LogP contribution >= 0.6 is 0 Å². The van der Waals surface area contributed by atoms with Gasteiger partial charge in [-0.25, -0.2) is 9.18 Å². The minimum Gasteiger partial charge on any atom is -0.338 e. The molecule has 4 rings (SSSR count). The van der Waals surface area contributed by atoms with Crippen LogP contribution in [0.1, 0.15) is 74.5 Å². The first-order valence-corrected chi connectivity index (χ1v) is 12.7. The summed E-state index contributed by atoms with van der Waals surface area (Å²) in [6.45, 7) is 6.31. The number of benzene rings is 2. The van der Waals surface area contributed by atoms with Gasteiger partial charge < -0.3 is 10.2 Å². The highest BCUT2D eigenvalue weighted by Gasteiger charge is 2.28. The number of carbonyl (C=O) groups is 1. The number of amides is 2. The Hall–Kier alpha value is -2.40. The van der Waals surface area contributed by atoms with Gasteiger partial charge in [-0.05, 0) is 80.4 Å². The van der Waals surface area contributed by atoms with Crippen LogP contribution in [0.15, 0.2) is 48.5 Å². The fourth-order valence-corrected chi connectivity index (χ4v) is 5.52. The van der Waals surface area contributed by atoms with Crippen LogP contribution in [0.2, 0.25) is 0 Å². The molecule has 2 aromatic rings. The number of urea groups is 1. The zero-order valence-corrected chi connectivity index (χ0v) is 19.9. The maximum atomic E-state index is 13.2. The highest BCUT2D eigenvalue weighted by Crippen LogP contribution is 2.33. The average Bonchev–Trinajstić information content (AvgIpc) is 2.85. The van der Waals surface area contributed by atoms with Crippen LogP contribution < -0.4 is 5.32 Å². The van der Waals surface area contributed by atoms with E-state index in [4.69, 9.17) is 0 Å². The molecule has 2 aromatic carbocycles. The van der Waals surface area contributed by atoms with Gasteiger partial charge in [-0.1, -0.05) is 55.7 Å². The van der Waals surface area contributed by atoms with Crippen LogP contribution in [0.5, 0.6) is 0 Å². The Morgan fingerprint density at radius 3 is 2.39 bits per heavy atom. The van der Waals surface area contributed by atoms with E-state index in [-0.39, 0.29) is 11.8 Å². The molecule has 0 aromatic heterocycles. The molecule has 1 aliphatic heterocycles. The van der Waals surface area contributed by atoms with Gasteiger partial charge in [0.05, 0.1) is 0 Å². The SMILES string of the molecule is CCNC(=O)N(Cc1ccccc1C1CCN(Cc2ccc(F)cc2)CC1)C1CCCCC1. The van der Waals surface area contributed by atoms with E-state index in [1.807, 2.05) is 19.1 Å². The topological polar surface area (TPSA) is 35.6 Å². The van der Waals surface area contributed by atoms with Crippen LogP contribution in [0.3, 0.4) is 0 Å². The Bertz CT molecular complexity index is 886. The van der Waals surface area contributed by atoms with Crippen molar-refractivity contribution in [3.05, 3.63) is 71.0 Å². The molecule has 0 radical (unpaired) electrons. The zero-order chi connectivity index (χ0) is 23.0. The molecule has 178 valence electrons. The van der Waals surface area contributed by atoms with Gasteiger partial charge in [-0.15, -0.1) is 0 Å². The molecule has 0 spiro atoms. The van der Waals surface area contributed by atoms with Gasteiger partial charge in [0.15, 0.2) is 0 Å². The van der Waals surface area contributed by atoms with Gasteiger partial charge in [-0.2, -0.15) is 0 Å². The summed E-state index contributed by atoms with van der Waals surface area (Å²) in [4.78, 5) is 17.5.